The zero-order chi connectivity index (χ0) is 15.1. The van der Waals surface area contributed by atoms with E-state index in [1.807, 2.05) is 12.1 Å². The summed E-state index contributed by atoms with van der Waals surface area (Å²) < 4.78 is 32.4. The smallest absolute Gasteiger partial charge is 0.368 e. The number of rotatable bonds is 7. The first kappa shape index (κ1) is 15.6. The molecule has 0 aliphatic heterocycles. The zero-order valence-corrected chi connectivity index (χ0v) is 11.8. The Bertz CT molecular complexity index is 602. The molecular weight excluding hydrogens is 296 g/mol. The molecule has 0 bridgehead atoms. The molecule has 0 aromatic heterocycles. The molecule has 0 radical (unpaired) electrons. The highest BCUT2D eigenvalue weighted by Gasteiger charge is 2.24. The third-order valence-electron chi connectivity index (χ3n) is 2.60. The van der Waals surface area contributed by atoms with Crippen molar-refractivity contribution in [3.05, 3.63) is 71.8 Å². The van der Waals surface area contributed by atoms with Gasteiger partial charge in [0.25, 0.3) is 0 Å². The monoisotopic (exact) mass is 310 g/mol. The molecule has 21 heavy (non-hydrogen) atoms. The van der Waals surface area contributed by atoms with Gasteiger partial charge in [0, 0.05) is 0 Å². The Kier molecular flexibility index (Phi) is 5.43. The van der Waals surface area contributed by atoms with Gasteiger partial charge in [-0.3, -0.25) is 0 Å². The summed E-state index contributed by atoms with van der Waals surface area (Å²) in [5.41, 5.74) is 1.28. The lowest BCUT2D eigenvalue weighted by Gasteiger charge is -2.17. The van der Waals surface area contributed by atoms with Crippen LogP contribution in [-0.2, 0) is 23.8 Å². The molecule has 0 heterocycles. The van der Waals surface area contributed by atoms with Crippen LogP contribution in [0.5, 0.6) is 0 Å². The van der Waals surface area contributed by atoms with E-state index in [1.54, 1.807) is 48.5 Å². The van der Waals surface area contributed by atoms with Crippen molar-refractivity contribution in [2.45, 2.75) is 6.10 Å². The summed E-state index contributed by atoms with van der Waals surface area (Å²) >= 11 is 0. The molecule has 112 valence electrons. The van der Waals surface area contributed by atoms with E-state index in [4.69, 9.17) is 9.29 Å². The second-order valence-corrected chi connectivity index (χ2v) is 5.17. The van der Waals surface area contributed by atoms with Crippen molar-refractivity contribution in [1.29, 1.82) is 0 Å². The molecule has 0 atom stereocenters. The van der Waals surface area contributed by atoms with Gasteiger partial charge >= 0.3 is 10.4 Å². The maximum Gasteiger partial charge on any atom is 0.427 e. The van der Waals surface area contributed by atoms with Crippen LogP contribution in [0.15, 0.2) is 60.7 Å². The summed E-state index contributed by atoms with van der Waals surface area (Å²) in [5, 5.41) is 8.43. The number of aliphatic hydroxyl groups excluding tert-OH is 1. The lowest BCUT2D eigenvalue weighted by molar-refractivity contribution is -0.256. The fourth-order valence-electron chi connectivity index (χ4n) is 1.77. The highest BCUT2D eigenvalue weighted by Crippen LogP contribution is 2.27. The van der Waals surface area contributed by atoms with E-state index in [1.165, 1.54) is 0 Å². The Balaban J connectivity index is 2.30. The molecule has 0 aliphatic carbocycles. The van der Waals surface area contributed by atoms with E-state index in [0.29, 0.717) is 11.1 Å². The normalized spacial score (nSPS) is 11.7. The third-order valence-corrected chi connectivity index (χ3v) is 3.29. The van der Waals surface area contributed by atoms with Gasteiger partial charge in [-0.1, -0.05) is 65.0 Å². The van der Waals surface area contributed by atoms with Crippen LogP contribution in [-0.4, -0.2) is 20.3 Å². The van der Waals surface area contributed by atoms with Gasteiger partial charge in [-0.25, -0.2) is 4.18 Å². The molecule has 7 heteroatoms. The number of benzene rings is 2. The van der Waals surface area contributed by atoms with Gasteiger partial charge in [-0.2, -0.15) is 13.3 Å². The Labute approximate surface area is 122 Å². The summed E-state index contributed by atoms with van der Waals surface area (Å²) in [4.78, 5) is 4.01. The molecule has 0 saturated carbocycles. The van der Waals surface area contributed by atoms with Crippen molar-refractivity contribution in [1.82, 2.24) is 0 Å². The first-order valence-electron chi connectivity index (χ1n) is 6.07. The minimum absolute atomic E-state index is 0.639. The highest BCUT2D eigenvalue weighted by molar-refractivity contribution is 7.81. The van der Waals surface area contributed by atoms with Crippen molar-refractivity contribution < 1.29 is 26.9 Å². The summed E-state index contributed by atoms with van der Waals surface area (Å²) in [6, 6.07) is 17.6. The van der Waals surface area contributed by atoms with Gasteiger partial charge in [0.15, 0.2) is 6.79 Å². The molecule has 6 nitrogen and oxygen atoms in total. The average molecular weight is 310 g/mol. The maximum atomic E-state index is 11.7. The minimum atomic E-state index is -4.42. The van der Waals surface area contributed by atoms with E-state index < -0.39 is 23.3 Å². The standard InChI is InChI=1S/C14H14O6S/c15-11-18-20-21(16,17)19-14(12-7-3-1-4-8-12)13-9-5-2-6-10-13/h1-10,14-15H,11H2. The molecular formula is C14H14O6S. The van der Waals surface area contributed by atoms with Crippen molar-refractivity contribution in [3.63, 3.8) is 0 Å². The fraction of sp³-hybridized carbons (Fsp3) is 0.143. The summed E-state index contributed by atoms with van der Waals surface area (Å²) in [5.74, 6) is 0. The Morgan fingerprint density at radius 3 is 1.81 bits per heavy atom. The number of hydrogen-bond donors (Lipinski definition) is 1. The summed E-state index contributed by atoms with van der Waals surface area (Å²) in [6.45, 7) is -0.899. The van der Waals surface area contributed by atoms with Crippen LogP contribution >= 0.6 is 0 Å². The van der Waals surface area contributed by atoms with Gasteiger partial charge in [-0.05, 0) is 11.1 Å². The van der Waals surface area contributed by atoms with Crippen molar-refractivity contribution in [3.8, 4) is 0 Å². The SMILES string of the molecule is O=S(=O)(OOCO)OC(c1ccccc1)c1ccccc1. The second-order valence-electron chi connectivity index (χ2n) is 4.02. The molecule has 0 unspecified atom stereocenters. The van der Waals surface area contributed by atoms with Gasteiger partial charge in [-0.15, -0.1) is 0 Å². The molecule has 2 rings (SSSR count). The quantitative estimate of drug-likeness (QED) is 0.478. The van der Waals surface area contributed by atoms with Crippen molar-refractivity contribution in [2.24, 2.45) is 0 Å². The fourth-order valence-corrected chi connectivity index (χ4v) is 2.42. The minimum Gasteiger partial charge on any atom is -0.368 e. The van der Waals surface area contributed by atoms with E-state index in [0.717, 1.165) is 0 Å². The van der Waals surface area contributed by atoms with Crippen LogP contribution in [0, 0.1) is 0 Å². The first-order chi connectivity index (χ1) is 10.1. The van der Waals surface area contributed by atoms with Crippen LogP contribution in [0.25, 0.3) is 0 Å². The van der Waals surface area contributed by atoms with E-state index >= 15 is 0 Å². The van der Waals surface area contributed by atoms with Gasteiger partial charge < -0.3 is 5.11 Å². The molecule has 0 fully saturated rings. The lowest BCUT2D eigenvalue weighted by Crippen LogP contribution is -2.16. The summed E-state index contributed by atoms with van der Waals surface area (Å²) in [6.07, 6.45) is -0.875. The first-order valence-corrected chi connectivity index (χ1v) is 7.41. The Hall–Kier alpha value is -1.77. The predicted octanol–water partition coefficient (Wildman–Crippen LogP) is 1.94. The number of hydrogen-bond acceptors (Lipinski definition) is 6. The van der Waals surface area contributed by atoms with Crippen molar-refractivity contribution >= 4 is 10.4 Å². The molecule has 0 aliphatic rings. The van der Waals surface area contributed by atoms with Crippen molar-refractivity contribution in [2.75, 3.05) is 6.79 Å². The topological polar surface area (TPSA) is 82.1 Å². The second kappa shape index (κ2) is 7.30. The van der Waals surface area contributed by atoms with E-state index in [2.05, 4.69) is 9.22 Å². The van der Waals surface area contributed by atoms with Crippen LogP contribution in [0.4, 0.5) is 0 Å². The van der Waals surface area contributed by atoms with E-state index in [9.17, 15) is 8.42 Å². The molecule has 2 aromatic rings. The van der Waals surface area contributed by atoms with Crippen LogP contribution in [0.2, 0.25) is 0 Å². The predicted molar refractivity (Wildman–Crippen MR) is 74.0 cm³/mol. The number of aliphatic hydroxyl groups is 1. The molecule has 0 amide bonds. The summed E-state index contributed by atoms with van der Waals surface area (Å²) in [7, 11) is -4.42. The molecule has 0 spiro atoms. The zero-order valence-electron chi connectivity index (χ0n) is 11.0. The molecule has 0 saturated heterocycles. The van der Waals surface area contributed by atoms with Crippen LogP contribution in [0.3, 0.4) is 0 Å². The van der Waals surface area contributed by atoms with Gasteiger partial charge in [0.05, 0.1) is 0 Å². The van der Waals surface area contributed by atoms with Crippen LogP contribution < -0.4 is 0 Å². The maximum absolute atomic E-state index is 11.7. The lowest BCUT2D eigenvalue weighted by atomic mass is 10.0. The average Bonchev–Trinajstić information content (AvgIpc) is 2.52. The third kappa shape index (κ3) is 4.62. The largest absolute Gasteiger partial charge is 0.427 e. The highest BCUT2D eigenvalue weighted by atomic mass is 32.3. The van der Waals surface area contributed by atoms with E-state index in [-0.39, 0.29) is 0 Å². The van der Waals surface area contributed by atoms with Gasteiger partial charge in [0.1, 0.15) is 6.10 Å². The van der Waals surface area contributed by atoms with Gasteiger partial charge in [0.2, 0.25) is 0 Å². The molecule has 2 aromatic carbocycles. The Morgan fingerprint density at radius 2 is 1.38 bits per heavy atom. The molecule has 1 N–H and O–H groups in total. The van der Waals surface area contributed by atoms with Crippen LogP contribution in [0.1, 0.15) is 17.2 Å². The Morgan fingerprint density at radius 1 is 0.905 bits per heavy atom.